The second-order valence-corrected chi connectivity index (χ2v) is 7.38. The van der Waals surface area contributed by atoms with Crippen LogP contribution in [0.3, 0.4) is 0 Å². The number of nitrogens with zero attached hydrogens (tertiary/aromatic N) is 2. The number of aromatic nitrogens is 1. The van der Waals surface area contributed by atoms with Crippen LogP contribution in [0.1, 0.15) is 29.8 Å². The predicted octanol–water partition coefficient (Wildman–Crippen LogP) is 0.932. The summed E-state index contributed by atoms with van der Waals surface area (Å²) in [5.41, 5.74) is 0.839. The number of likely N-dealkylation sites (tertiary alicyclic amines) is 1. The topological polar surface area (TPSA) is 105 Å². The number of carbonyl (C=O) groups is 3. The van der Waals surface area contributed by atoms with Gasteiger partial charge in [-0.15, -0.1) is 0 Å². The molecule has 2 aromatic heterocycles. The van der Waals surface area contributed by atoms with Gasteiger partial charge < -0.3 is 20.0 Å². The van der Waals surface area contributed by atoms with Gasteiger partial charge in [0, 0.05) is 31.2 Å². The van der Waals surface area contributed by atoms with Crippen molar-refractivity contribution in [1.29, 1.82) is 0 Å². The Labute approximate surface area is 156 Å². The van der Waals surface area contributed by atoms with Crippen LogP contribution in [0.2, 0.25) is 0 Å². The summed E-state index contributed by atoms with van der Waals surface area (Å²) in [6.07, 6.45) is 6.77. The molecule has 27 heavy (non-hydrogen) atoms. The minimum Gasteiger partial charge on any atom is -0.449 e. The lowest BCUT2D eigenvalue weighted by molar-refractivity contribution is -0.132. The first kappa shape index (κ1) is 17.5. The van der Waals surface area contributed by atoms with Gasteiger partial charge in [0.25, 0.3) is 5.91 Å². The van der Waals surface area contributed by atoms with Crippen LogP contribution in [0.4, 0.5) is 0 Å². The quantitative estimate of drug-likeness (QED) is 0.736. The molecule has 1 saturated heterocycles. The molecule has 4 rings (SSSR count). The number of nitrogens with one attached hydrogen (secondary N) is 2. The average Bonchev–Trinajstić information content (AvgIpc) is 3.16. The fourth-order valence-electron chi connectivity index (χ4n) is 4.07. The Bertz CT molecular complexity index is 836. The molecule has 8 heteroatoms. The molecule has 8 nitrogen and oxygen atoms in total. The van der Waals surface area contributed by atoms with Crippen LogP contribution in [-0.2, 0) is 9.59 Å². The lowest BCUT2D eigenvalue weighted by atomic mass is 9.90. The number of hydrogen-bond donors (Lipinski definition) is 2. The highest BCUT2D eigenvalue weighted by atomic mass is 16.3. The summed E-state index contributed by atoms with van der Waals surface area (Å²) >= 11 is 0. The molecule has 1 aliphatic carbocycles. The van der Waals surface area contributed by atoms with Gasteiger partial charge in [-0.25, -0.2) is 0 Å². The van der Waals surface area contributed by atoms with Crippen molar-refractivity contribution in [1.82, 2.24) is 20.5 Å². The monoisotopic (exact) mass is 370 g/mol. The normalized spacial score (nSPS) is 20.4. The van der Waals surface area contributed by atoms with E-state index in [1.54, 1.807) is 23.4 Å². The number of piperidine rings is 1. The molecule has 1 spiro atoms. The Balaban J connectivity index is 1.26. The van der Waals surface area contributed by atoms with Crippen molar-refractivity contribution in [3.8, 4) is 0 Å². The van der Waals surface area contributed by atoms with E-state index in [4.69, 9.17) is 4.42 Å². The summed E-state index contributed by atoms with van der Waals surface area (Å²) in [4.78, 5) is 40.4. The predicted molar refractivity (Wildman–Crippen MR) is 96.8 cm³/mol. The molecule has 2 fully saturated rings. The summed E-state index contributed by atoms with van der Waals surface area (Å²) in [5, 5.41) is 6.25. The molecule has 0 aromatic carbocycles. The second-order valence-electron chi connectivity index (χ2n) is 7.38. The fourth-order valence-corrected chi connectivity index (χ4v) is 4.07. The minimum absolute atomic E-state index is 0.0400. The third kappa shape index (κ3) is 3.51. The highest BCUT2D eigenvalue weighted by molar-refractivity contribution is 5.95. The average molecular weight is 370 g/mol. The molecule has 3 heterocycles. The SMILES string of the molecule is O=CNCC(=O)N1CCC2(CC1)CC2CNC(=O)c1cc2ccncc2o1. The van der Waals surface area contributed by atoms with Crippen LogP contribution in [0, 0.1) is 11.3 Å². The van der Waals surface area contributed by atoms with Crippen LogP contribution < -0.4 is 10.6 Å². The fraction of sp³-hybridized carbons (Fsp3) is 0.474. The summed E-state index contributed by atoms with van der Waals surface area (Å²) < 4.78 is 5.54. The van der Waals surface area contributed by atoms with Crippen molar-refractivity contribution < 1.29 is 18.8 Å². The van der Waals surface area contributed by atoms with Crippen molar-refractivity contribution in [2.45, 2.75) is 19.3 Å². The summed E-state index contributed by atoms with van der Waals surface area (Å²) in [6.45, 7) is 2.10. The van der Waals surface area contributed by atoms with E-state index in [1.807, 2.05) is 6.07 Å². The number of rotatable bonds is 6. The van der Waals surface area contributed by atoms with Crippen molar-refractivity contribution in [3.05, 3.63) is 30.3 Å². The number of hydrogen-bond acceptors (Lipinski definition) is 5. The van der Waals surface area contributed by atoms with E-state index in [-0.39, 0.29) is 23.8 Å². The Hall–Kier alpha value is -2.90. The zero-order valence-corrected chi connectivity index (χ0v) is 14.9. The summed E-state index contributed by atoms with van der Waals surface area (Å²) in [6, 6.07) is 3.54. The Kier molecular flexibility index (Phi) is 4.55. The van der Waals surface area contributed by atoms with E-state index in [9.17, 15) is 14.4 Å². The van der Waals surface area contributed by atoms with Gasteiger partial charge in [-0.1, -0.05) is 0 Å². The van der Waals surface area contributed by atoms with Crippen molar-refractivity contribution in [2.75, 3.05) is 26.2 Å². The number of fused-ring (bicyclic) bond motifs is 1. The van der Waals surface area contributed by atoms with E-state index in [1.165, 1.54) is 0 Å². The van der Waals surface area contributed by atoms with E-state index >= 15 is 0 Å². The molecular formula is C19H22N4O4. The number of pyridine rings is 1. The molecule has 2 aliphatic rings. The third-order valence-corrected chi connectivity index (χ3v) is 5.86. The maximum Gasteiger partial charge on any atom is 0.287 e. The van der Waals surface area contributed by atoms with Crippen LogP contribution in [0.15, 0.2) is 28.9 Å². The molecule has 2 N–H and O–H groups in total. The molecule has 3 amide bonds. The lowest BCUT2D eigenvalue weighted by Gasteiger charge is -2.33. The summed E-state index contributed by atoms with van der Waals surface area (Å²) in [7, 11) is 0. The number of furan rings is 1. The van der Waals surface area contributed by atoms with Gasteiger partial charge in [-0.3, -0.25) is 19.4 Å². The maximum absolute atomic E-state index is 12.3. The largest absolute Gasteiger partial charge is 0.449 e. The van der Waals surface area contributed by atoms with Crippen LogP contribution in [-0.4, -0.2) is 54.3 Å². The van der Waals surface area contributed by atoms with Gasteiger partial charge in [0.05, 0.1) is 12.7 Å². The molecule has 142 valence electrons. The van der Waals surface area contributed by atoms with Crippen molar-refractivity contribution in [2.24, 2.45) is 11.3 Å². The van der Waals surface area contributed by atoms with Crippen molar-refractivity contribution >= 4 is 29.2 Å². The number of carbonyl (C=O) groups excluding carboxylic acids is 3. The minimum atomic E-state index is -0.208. The molecule has 1 atom stereocenters. The zero-order chi connectivity index (χ0) is 18.9. The first-order chi connectivity index (χ1) is 13.1. The Morgan fingerprint density at radius 1 is 1.37 bits per heavy atom. The standard InChI is InChI=1S/C19H22N4O4/c24-12-21-11-17(25)23-5-2-19(3-6-23)8-14(19)9-22-18(26)15-7-13-1-4-20-10-16(13)27-15/h1,4,7,10,12,14H,2-3,5-6,8-9,11H2,(H,21,24)(H,22,26). The molecule has 1 unspecified atom stereocenters. The molecule has 1 aliphatic heterocycles. The third-order valence-electron chi connectivity index (χ3n) is 5.86. The first-order valence-corrected chi connectivity index (χ1v) is 9.18. The van der Waals surface area contributed by atoms with E-state index in [0.717, 1.165) is 24.6 Å². The molecule has 0 bridgehead atoms. The highest BCUT2D eigenvalue weighted by Gasteiger charge is 2.54. The van der Waals surface area contributed by atoms with Crippen LogP contribution >= 0.6 is 0 Å². The van der Waals surface area contributed by atoms with Crippen LogP contribution in [0.5, 0.6) is 0 Å². The lowest BCUT2D eigenvalue weighted by Crippen LogP contribution is -2.43. The second kappa shape index (κ2) is 7.02. The van der Waals surface area contributed by atoms with Gasteiger partial charge in [0.1, 0.15) is 0 Å². The van der Waals surface area contributed by atoms with Gasteiger partial charge in [0.15, 0.2) is 11.3 Å². The molecule has 2 aromatic rings. The smallest absolute Gasteiger partial charge is 0.287 e. The maximum atomic E-state index is 12.3. The van der Waals surface area contributed by atoms with Gasteiger partial charge in [0.2, 0.25) is 12.3 Å². The van der Waals surface area contributed by atoms with Gasteiger partial charge >= 0.3 is 0 Å². The number of amides is 3. The Morgan fingerprint density at radius 2 is 2.19 bits per heavy atom. The van der Waals surface area contributed by atoms with Gasteiger partial charge in [-0.05, 0) is 42.7 Å². The van der Waals surface area contributed by atoms with Crippen molar-refractivity contribution in [3.63, 3.8) is 0 Å². The molecule has 0 radical (unpaired) electrons. The highest BCUT2D eigenvalue weighted by Crippen LogP contribution is 2.59. The molecular weight excluding hydrogens is 348 g/mol. The Morgan fingerprint density at radius 3 is 2.93 bits per heavy atom. The van der Waals surface area contributed by atoms with Gasteiger partial charge in [-0.2, -0.15) is 0 Å². The summed E-state index contributed by atoms with van der Waals surface area (Å²) in [5.74, 6) is 0.497. The van der Waals surface area contributed by atoms with E-state index in [0.29, 0.717) is 43.3 Å². The molecule has 1 saturated carbocycles. The van der Waals surface area contributed by atoms with Crippen LogP contribution in [0.25, 0.3) is 11.0 Å². The van der Waals surface area contributed by atoms with E-state index in [2.05, 4.69) is 15.6 Å². The zero-order valence-electron chi connectivity index (χ0n) is 14.9. The first-order valence-electron chi connectivity index (χ1n) is 9.18. The van der Waals surface area contributed by atoms with E-state index < -0.39 is 0 Å².